The van der Waals surface area contributed by atoms with E-state index < -0.39 is 8.07 Å². The summed E-state index contributed by atoms with van der Waals surface area (Å²) in [5, 5.41) is 13.2. The Kier molecular flexibility index (Phi) is 5.85. The number of hydrogen-bond donors (Lipinski definition) is 1. The first-order valence-corrected chi connectivity index (χ1v) is 13.7. The van der Waals surface area contributed by atoms with E-state index in [1.807, 2.05) is 11.3 Å². The third kappa shape index (κ3) is 4.80. The average molecular weight is 389 g/mol. The van der Waals surface area contributed by atoms with E-state index in [2.05, 4.69) is 85.1 Å². The van der Waals surface area contributed by atoms with Gasteiger partial charge in [0, 0.05) is 0 Å². The van der Waals surface area contributed by atoms with E-state index in [-0.39, 0.29) is 10.8 Å². The normalized spacial score (nSPS) is 13.3. The SMILES string of the molecule is Cc1csc([Si](C)(C)CCc2cc(C(C)(C)C)c(O)c(C(C)(C)C)c2)c1. The van der Waals surface area contributed by atoms with E-state index in [9.17, 15) is 5.11 Å². The smallest absolute Gasteiger partial charge is 0.123 e. The number of benzene rings is 1. The predicted molar refractivity (Wildman–Crippen MR) is 120 cm³/mol. The molecule has 3 heteroatoms. The van der Waals surface area contributed by atoms with Crippen LogP contribution in [0.3, 0.4) is 0 Å². The van der Waals surface area contributed by atoms with E-state index in [1.54, 1.807) is 4.50 Å². The minimum atomic E-state index is -1.43. The van der Waals surface area contributed by atoms with Crippen molar-refractivity contribution in [2.24, 2.45) is 0 Å². The second-order valence-electron chi connectivity index (χ2n) is 10.4. The molecule has 144 valence electrons. The molecule has 0 amide bonds. The average Bonchev–Trinajstić information content (AvgIpc) is 2.91. The quantitative estimate of drug-likeness (QED) is 0.591. The molecule has 1 aromatic heterocycles. The van der Waals surface area contributed by atoms with Gasteiger partial charge in [-0.25, -0.2) is 0 Å². The minimum Gasteiger partial charge on any atom is -0.507 e. The number of thiophene rings is 1. The highest BCUT2D eigenvalue weighted by Gasteiger charge is 2.28. The van der Waals surface area contributed by atoms with Crippen LogP contribution in [-0.4, -0.2) is 13.2 Å². The lowest BCUT2D eigenvalue weighted by Gasteiger charge is -2.29. The number of hydrogen-bond acceptors (Lipinski definition) is 2. The fraction of sp³-hybridized carbons (Fsp3) is 0.565. The number of phenols is 1. The zero-order chi connectivity index (χ0) is 19.9. The Bertz CT molecular complexity index is 737. The third-order valence-electron chi connectivity index (χ3n) is 5.22. The molecule has 2 aromatic rings. The van der Waals surface area contributed by atoms with Gasteiger partial charge in [0.25, 0.3) is 0 Å². The molecule has 0 saturated carbocycles. The molecule has 0 spiro atoms. The molecule has 0 aliphatic rings. The van der Waals surface area contributed by atoms with Crippen molar-refractivity contribution in [2.75, 3.05) is 0 Å². The summed E-state index contributed by atoms with van der Waals surface area (Å²) >= 11 is 1.93. The van der Waals surface area contributed by atoms with Gasteiger partial charge in [0.1, 0.15) is 5.75 Å². The topological polar surface area (TPSA) is 20.2 Å². The van der Waals surface area contributed by atoms with E-state index in [0.29, 0.717) is 5.75 Å². The molecular formula is C23H36OSSi. The Morgan fingerprint density at radius 3 is 1.81 bits per heavy atom. The summed E-state index contributed by atoms with van der Waals surface area (Å²) in [6, 6.07) is 8.11. The summed E-state index contributed by atoms with van der Waals surface area (Å²) in [7, 11) is -1.43. The summed E-state index contributed by atoms with van der Waals surface area (Å²) in [4.78, 5) is 0. The fourth-order valence-corrected chi connectivity index (χ4v) is 7.52. The van der Waals surface area contributed by atoms with Crippen LogP contribution in [0, 0.1) is 6.92 Å². The van der Waals surface area contributed by atoms with E-state index in [0.717, 1.165) is 17.5 Å². The lowest BCUT2D eigenvalue weighted by molar-refractivity contribution is 0.422. The molecule has 0 fully saturated rings. The van der Waals surface area contributed by atoms with Gasteiger partial charge in [0.15, 0.2) is 0 Å². The summed E-state index contributed by atoms with van der Waals surface area (Å²) in [6.45, 7) is 20.3. The van der Waals surface area contributed by atoms with Crippen molar-refractivity contribution < 1.29 is 5.11 Å². The van der Waals surface area contributed by atoms with Gasteiger partial charge >= 0.3 is 0 Å². The Hall–Kier alpha value is -1.06. The summed E-state index contributed by atoms with van der Waals surface area (Å²) in [6.07, 6.45) is 1.09. The van der Waals surface area contributed by atoms with Crippen LogP contribution in [0.2, 0.25) is 19.1 Å². The highest BCUT2D eigenvalue weighted by Crippen LogP contribution is 2.40. The highest BCUT2D eigenvalue weighted by molar-refractivity contribution is 7.25. The Morgan fingerprint density at radius 1 is 0.923 bits per heavy atom. The first-order chi connectivity index (χ1) is 11.7. The number of aryl methyl sites for hydroxylation is 2. The summed E-state index contributed by atoms with van der Waals surface area (Å²) < 4.78 is 1.60. The van der Waals surface area contributed by atoms with Crippen LogP contribution in [0.25, 0.3) is 0 Å². The molecule has 2 rings (SSSR count). The molecule has 0 atom stereocenters. The molecule has 1 N–H and O–H groups in total. The fourth-order valence-electron chi connectivity index (χ4n) is 3.35. The van der Waals surface area contributed by atoms with Gasteiger partial charge in [0.05, 0.1) is 8.07 Å². The van der Waals surface area contributed by atoms with Crippen molar-refractivity contribution in [1.82, 2.24) is 0 Å². The van der Waals surface area contributed by atoms with Gasteiger partial charge in [0.2, 0.25) is 0 Å². The van der Waals surface area contributed by atoms with Crippen LogP contribution in [0.1, 0.15) is 63.8 Å². The van der Waals surface area contributed by atoms with Crippen molar-refractivity contribution in [3.8, 4) is 5.75 Å². The maximum absolute atomic E-state index is 10.9. The van der Waals surface area contributed by atoms with Crippen molar-refractivity contribution in [1.29, 1.82) is 0 Å². The number of aromatic hydroxyl groups is 1. The van der Waals surface area contributed by atoms with Crippen LogP contribution < -0.4 is 4.50 Å². The summed E-state index contributed by atoms with van der Waals surface area (Å²) in [5.41, 5.74) is 4.79. The van der Waals surface area contributed by atoms with Gasteiger partial charge in [-0.15, -0.1) is 0 Å². The standard InChI is InChI=1S/C23H36OSSi/c1-16-12-20(25-15-16)26(8,9)11-10-17-13-18(22(2,3)4)21(24)19(14-17)23(5,6)7/h12-15,24H,10-11H2,1-9H3. The Labute approximate surface area is 165 Å². The lowest BCUT2D eigenvalue weighted by atomic mass is 9.78. The van der Waals surface area contributed by atoms with Gasteiger partial charge in [-0.05, 0) is 68.4 Å². The molecule has 1 nitrogen and oxygen atoms in total. The van der Waals surface area contributed by atoms with Crippen LogP contribution in [0.5, 0.6) is 5.75 Å². The molecule has 1 heterocycles. The van der Waals surface area contributed by atoms with Gasteiger partial charge in [-0.1, -0.05) is 66.8 Å². The van der Waals surface area contributed by atoms with Crippen LogP contribution in [0.4, 0.5) is 0 Å². The maximum atomic E-state index is 10.9. The second-order valence-corrected chi connectivity index (χ2v) is 16.5. The molecule has 0 saturated heterocycles. The Balaban J connectivity index is 2.37. The van der Waals surface area contributed by atoms with Crippen molar-refractivity contribution in [2.45, 2.75) is 84.9 Å². The number of phenolic OH excluding ortho intramolecular Hbond substituents is 1. The molecule has 0 unspecified atom stereocenters. The number of rotatable bonds is 4. The molecule has 0 radical (unpaired) electrons. The lowest BCUT2D eigenvalue weighted by Crippen LogP contribution is -2.39. The van der Waals surface area contributed by atoms with E-state index >= 15 is 0 Å². The van der Waals surface area contributed by atoms with Crippen molar-refractivity contribution >= 4 is 23.9 Å². The van der Waals surface area contributed by atoms with Crippen molar-refractivity contribution in [3.05, 3.63) is 45.8 Å². The molecule has 0 aliphatic carbocycles. The molecular weight excluding hydrogens is 352 g/mol. The largest absolute Gasteiger partial charge is 0.507 e. The van der Waals surface area contributed by atoms with Gasteiger partial charge in [-0.3, -0.25) is 0 Å². The molecule has 0 bridgehead atoms. The van der Waals surface area contributed by atoms with Crippen LogP contribution in [0.15, 0.2) is 23.6 Å². The Morgan fingerprint density at radius 2 is 1.42 bits per heavy atom. The zero-order valence-corrected chi connectivity index (χ0v) is 19.9. The highest BCUT2D eigenvalue weighted by atomic mass is 32.1. The molecule has 26 heavy (non-hydrogen) atoms. The van der Waals surface area contributed by atoms with Crippen LogP contribution >= 0.6 is 11.3 Å². The molecule has 0 aliphatic heterocycles. The van der Waals surface area contributed by atoms with Crippen molar-refractivity contribution in [3.63, 3.8) is 0 Å². The first kappa shape index (κ1) is 21.2. The molecule has 1 aromatic carbocycles. The minimum absolute atomic E-state index is 0.0576. The monoisotopic (exact) mass is 388 g/mol. The van der Waals surface area contributed by atoms with Gasteiger partial charge < -0.3 is 5.11 Å². The van der Waals surface area contributed by atoms with E-state index in [1.165, 1.54) is 17.2 Å². The zero-order valence-electron chi connectivity index (χ0n) is 18.1. The van der Waals surface area contributed by atoms with Crippen LogP contribution in [-0.2, 0) is 17.3 Å². The summed E-state index contributed by atoms with van der Waals surface area (Å²) in [5.74, 6) is 0.485. The first-order valence-electron chi connectivity index (χ1n) is 9.64. The maximum Gasteiger partial charge on any atom is 0.123 e. The third-order valence-corrected chi connectivity index (χ3v) is 11.1. The van der Waals surface area contributed by atoms with Gasteiger partial charge in [-0.2, -0.15) is 11.3 Å². The second kappa shape index (κ2) is 7.16. The predicted octanol–water partition coefficient (Wildman–Crippen LogP) is 6.52. The van der Waals surface area contributed by atoms with E-state index in [4.69, 9.17) is 0 Å².